The number of piperidine rings is 1. The van der Waals surface area contributed by atoms with Crippen LogP contribution < -0.4 is 10.9 Å². The van der Waals surface area contributed by atoms with Crippen molar-refractivity contribution < 1.29 is 9.59 Å². The van der Waals surface area contributed by atoms with Gasteiger partial charge in [0.05, 0.1) is 18.3 Å². The highest BCUT2D eigenvalue weighted by Gasteiger charge is 2.20. The maximum atomic E-state index is 12.6. The van der Waals surface area contributed by atoms with Crippen LogP contribution in [0.4, 0.5) is 0 Å². The summed E-state index contributed by atoms with van der Waals surface area (Å²) in [5.41, 5.74) is 0.690. The summed E-state index contributed by atoms with van der Waals surface area (Å²) in [7, 11) is 0. The second-order valence-corrected chi connectivity index (χ2v) is 8.18. The van der Waals surface area contributed by atoms with Gasteiger partial charge in [-0.15, -0.1) is 11.3 Å². The number of nitrogens with one attached hydrogen (secondary N) is 1. The monoisotopic (exact) mass is 376 g/mol. The number of hydrogen-bond donors (Lipinski definition) is 1. The zero-order valence-corrected chi connectivity index (χ0v) is 16.2. The van der Waals surface area contributed by atoms with Crippen LogP contribution >= 0.6 is 11.3 Å². The van der Waals surface area contributed by atoms with E-state index in [0.717, 1.165) is 36.4 Å². The summed E-state index contributed by atoms with van der Waals surface area (Å²) in [4.78, 5) is 44.7. The summed E-state index contributed by atoms with van der Waals surface area (Å²) >= 11 is 1.48. The van der Waals surface area contributed by atoms with Crippen molar-refractivity contribution in [2.45, 2.75) is 40.2 Å². The number of aromatic nitrogens is 2. The number of thiophene rings is 1. The first-order chi connectivity index (χ1) is 12.4. The van der Waals surface area contributed by atoms with Crippen LogP contribution in [0.15, 0.2) is 11.1 Å². The molecule has 1 N–H and O–H groups in total. The van der Waals surface area contributed by atoms with Gasteiger partial charge in [-0.3, -0.25) is 19.0 Å². The lowest BCUT2D eigenvalue weighted by molar-refractivity contribution is -0.134. The number of amides is 2. The molecule has 0 spiro atoms. The molecule has 26 heavy (non-hydrogen) atoms. The van der Waals surface area contributed by atoms with Crippen molar-refractivity contribution in [2.75, 3.05) is 19.6 Å². The number of carbonyl (C=O) groups is 2. The SMILES string of the molecule is Cc1sc2ncn(CC(=O)NCC(=O)N3CCC(C)CC3)c(=O)c2c1C. The molecule has 0 aromatic carbocycles. The fraction of sp³-hybridized carbons (Fsp3) is 0.556. The minimum atomic E-state index is -0.364. The predicted octanol–water partition coefficient (Wildman–Crippen LogP) is 1.45. The molecule has 0 aliphatic carbocycles. The van der Waals surface area contributed by atoms with Crippen LogP contribution in [0.1, 0.15) is 30.2 Å². The topological polar surface area (TPSA) is 84.3 Å². The Hall–Kier alpha value is -2.22. The summed E-state index contributed by atoms with van der Waals surface area (Å²) in [6.07, 6.45) is 3.40. The lowest BCUT2D eigenvalue weighted by Crippen LogP contribution is -2.44. The van der Waals surface area contributed by atoms with Crippen LogP contribution in [-0.2, 0) is 16.1 Å². The average molecular weight is 376 g/mol. The van der Waals surface area contributed by atoms with E-state index in [4.69, 9.17) is 0 Å². The van der Waals surface area contributed by atoms with Crippen LogP contribution in [0.2, 0.25) is 0 Å². The van der Waals surface area contributed by atoms with Gasteiger partial charge >= 0.3 is 0 Å². The molecule has 1 saturated heterocycles. The molecule has 3 rings (SSSR count). The molecule has 0 atom stereocenters. The van der Waals surface area contributed by atoms with Crippen molar-refractivity contribution in [3.63, 3.8) is 0 Å². The Bertz CT molecular complexity index is 894. The van der Waals surface area contributed by atoms with E-state index in [1.165, 1.54) is 22.2 Å². The minimum Gasteiger partial charge on any atom is -0.345 e. The largest absolute Gasteiger partial charge is 0.345 e. The van der Waals surface area contributed by atoms with E-state index in [1.54, 1.807) is 4.90 Å². The van der Waals surface area contributed by atoms with Crippen molar-refractivity contribution in [1.82, 2.24) is 19.8 Å². The molecular formula is C18H24N4O3S. The van der Waals surface area contributed by atoms with Crippen LogP contribution in [0.25, 0.3) is 10.2 Å². The molecule has 0 saturated carbocycles. The second-order valence-electron chi connectivity index (χ2n) is 6.98. The van der Waals surface area contributed by atoms with Gasteiger partial charge in [-0.1, -0.05) is 6.92 Å². The number of fused-ring (bicyclic) bond motifs is 1. The fourth-order valence-corrected chi connectivity index (χ4v) is 4.12. The minimum absolute atomic E-state index is 0.0335. The Balaban J connectivity index is 1.61. The summed E-state index contributed by atoms with van der Waals surface area (Å²) in [5, 5.41) is 3.19. The molecule has 2 amide bonds. The number of hydrogen-bond acceptors (Lipinski definition) is 5. The lowest BCUT2D eigenvalue weighted by atomic mass is 9.99. The van der Waals surface area contributed by atoms with Crippen LogP contribution in [0.5, 0.6) is 0 Å². The Kier molecular flexibility index (Phi) is 5.41. The Labute approximate surface area is 156 Å². The quantitative estimate of drug-likeness (QED) is 0.875. The van der Waals surface area contributed by atoms with Gasteiger partial charge in [-0.25, -0.2) is 4.98 Å². The van der Waals surface area contributed by atoms with E-state index in [1.807, 2.05) is 13.8 Å². The number of nitrogens with zero attached hydrogens (tertiary/aromatic N) is 3. The maximum absolute atomic E-state index is 12.6. The standard InChI is InChI=1S/C18H24N4O3S/c1-11-4-6-21(7-5-11)15(24)8-19-14(23)9-22-10-20-17-16(18(22)25)12(2)13(3)26-17/h10-11H,4-9H2,1-3H3,(H,19,23). The van der Waals surface area contributed by atoms with Crippen molar-refractivity contribution in [1.29, 1.82) is 0 Å². The van der Waals surface area contributed by atoms with Gasteiger partial charge in [0.2, 0.25) is 11.8 Å². The summed E-state index contributed by atoms with van der Waals surface area (Å²) in [6, 6.07) is 0. The van der Waals surface area contributed by atoms with E-state index < -0.39 is 0 Å². The predicted molar refractivity (Wildman–Crippen MR) is 101 cm³/mol. The van der Waals surface area contributed by atoms with E-state index in [2.05, 4.69) is 17.2 Å². The number of likely N-dealkylation sites (tertiary alicyclic amines) is 1. The van der Waals surface area contributed by atoms with E-state index in [-0.39, 0.29) is 30.5 Å². The first kappa shape index (κ1) is 18.6. The highest BCUT2D eigenvalue weighted by atomic mass is 32.1. The molecule has 8 heteroatoms. The third-order valence-corrected chi connectivity index (χ3v) is 6.16. The molecular weight excluding hydrogens is 352 g/mol. The van der Waals surface area contributed by atoms with Crippen LogP contribution in [0.3, 0.4) is 0 Å². The van der Waals surface area contributed by atoms with Crippen molar-refractivity contribution in [3.05, 3.63) is 27.1 Å². The summed E-state index contributed by atoms with van der Waals surface area (Å²) < 4.78 is 1.30. The molecule has 1 aliphatic heterocycles. The molecule has 7 nitrogen and oxygen atoms in total. The first-order valence-electron chi connectivity index (χ1n) is 8.86. The molecule has 3 heterocycles. The van der Waals surface area contributed by atoms with Gasteiger partial charge in [0, 0.05) is 18.0 Å². The van der Waals surface area contributed by atoms with Gasteiger partial charge in [0.1, 0.15) is 11.4 Å². The zero-order chi connectivity index (χ0) is 18.8. The Morgan fingerprint density at radius 2 is 2.00 bits per heavy atom. The molecule has 1 fully saturated rings. The normalized spacial score (nSPS) is 15.4. The number of carbonyl (C=O) groups excluding carboxylic acids is 2. The molecule has 2 aromatic rings. The maximum Gasteiger partial charge on any atom is 0.262 e. The third-order valence-electron chi connectivity index (χ3n) is 5.04. The molecule has 140 valence electrons. The first-order valence-corrected chi connectivity index (χ1v) is 9.68. The molecule has 2 aromatic heterocycles. The van der Waals surface area contributed by atoms with Crippen LogP contribution in [-0.4, -0.2) is 45.9 Å². The molecule has 0 bridgehead atoms. The highest BCUT2D eigenvalue weighted by Crippen LogP contribution is 2.25. The Morgan fingerprint density at radius 1 is 1.31 bits per heavy atom. The van der Waals surface area contributed by atoms with E-state index in [9.17, 15) is 14.4 Å². The van der Waals surface area contributed by atoms with E-state index in [0.29, 0.717) is 16.1 Å². The lowest BCUT2D eigenvalue weighted by Gasteiger charge is -2.30. The molecule has 1 aliphatic rings. The van der Waals surface area contributed by atoms with E-state index >= 15 is 0 Å². The fourth-order valence-electron chi connectivity index (χ4n) is 3.14. The second kappa shape index (κ2) is 7.57. The van der Waals surface area contributed by atoms with Gasteiger partial charge in [0.25, 0.3) is 5.56 Å². The number of aryl methyl sites for hydroxylation is 2. The van der Waals surface area contributed by atoms with Gasteiger partial charge in [-0.05, 0) is 38.2 Å². The highest BCUT2D eigenvalue weighted by molar-refractivity contribution is 7.18. The smallest absolute Gasteiger partial charge is 0.262 e. The van der Waals surface area contributed by atoms with Crippen LogP contribution in [0, 0.1) is 19.8 Å². The molecule has 0 unspecified atom stereocenters. The Morgan fingerprint density at radius 3 is 2.69 bits per heavy atom. The summed E-state index contributed by atoms with van der Waals surface area (Å²) in [6.45, 7) is 7.34. The van der Waals surface area contributed by atoms with Crippen molar-refractivity contribution in [3.8, 4) is 0 Å². The number of rotatable bonds is 4. The van der Waals surface area contributed by atoms with Gasteiger partial charge in [0.15, 0.2) is 0 Å². The van der Waals surface area contributed by atoms with Crippen molar-refractivity contribution in [2.24, 2.45) is 5.92 Å². The third kappa shape index (κ3) is 3.80. The average Bonchev–Trinajstić information content (AvgIpc) is 2.91. The van der Waals surface area contributed by atoms with Gasteiger partial charge < -0.3 is 10.2 Å². The molecule has 0 radical (unpaired) electrons. The summed E-state index contributed by atoms with van der Waals surface area (Å²) in [5.74, 6) is 0.208. The van der Waals surface area contributed by atoms with Gasteiger partial charge in [-0.2, -0.15) is 0 Å². The zero-order valence-electron chi connectivity index (χ0n) is 15.4. The van der Waals surface area contributed by atoms with Crippen molar-refractivity contribution >= 4 is 33.4 Å².